The fraction of sp³-hybridized carbons (Fsp3) is 0.582. The SMILES string of the molecule is Cc1cc(C)cc(-c2[nH]c3sc(C(C)(C)C(=O)N4C5CCC4CC5)cc3c2CCN2CCN(CC(=O)O)CC2)c1.Cc1cc(C)cc(-c2[nH]c3sc(C(C)(C)C(=O)N4C5CCC4CC5)cc3c2CCN2CCN(CC(=O)OC(C)(C)C)CC2)c1.Cc1cc(C)cc(-c2[nH]c3sc(C(C)(C)C(=O)N4C5CCC4CC5)cc3c2CCN2CCNCC2)c1.Cl. The monoisotopic (exact) mass is 1720 g/mol. The Kier molecular flexibility index (Phi) is 26.4. The molecule has 9 saturated heterocycles. The lowest BCUT2D eigenvalue weighted by Crippen LogP contribution is -2.49. The van der Waals surface area contributed by atoms with Gasteiger partial charge in [-0.25, -0.2) is 0 Å². The second-order valence-electron chi connectivity index (χ2n) is 39.6. The van der Waals surface area contributed by atoms with E-state index in [0.717, 1.165) is 188 Å². The first kappa shape index (κ1) is 88.6. The second kappa shape index (κ2) is 36.0. The zero-order valence-corrected chi connectivity index (χ0v) is 77.9. The normalized spacial score (nSPS) is 21.9. The molecule has 19 nitrogen and oxygen atoms in total. The predicted molar refractivity (Wildman–Crippen MR) is 498 cm³/mol. The van der Waals surface area contributed by atoms with E-state index in [2.05, 4.69) is 210 Å². The van der Waals surface area contributed by atoms with Crippen LogP contribution in [-0.4, -0.2) is 242 Å². The van der Waals surface area contributed by atoms with Crippen molar-refractivity contribution in [3.8, 4) is 33.8 Å². The van der Waals surface area contributed by atoms with Gasteiger partial charge in [0.05, 0.1) is 46.4 Å². The van der Waals surface area contributed by atoms with E-state index >= 15 is 0 Å². The highest BCUT2D eigenvalue weighted by Gasteiger charge is 2.51. The van der Waals surface area contributed by atoms with Crippen LogP contribution in [0, 0.1) is 41.5 Å². The highest BCUT2D eigenvalue weighted by Crippen LogP contribution is 2.50. The number of carboxylic acid groups (broad SMARTS) is 1. The van der Waals surface area contributed by atoms with Crippen molar-refractivity contribution >= 4 is 107 Å². The summed E-state index contributed by atoms with van der Waals surface area (Å²) in [6.45, 7) is 46.2. The van der Waals surface area contributed by atoms with Crippen molar-refractivity contribution in [2.24, 2.45) is 0 Å². The van der Waals surface area contributed by atoms with Crippen LogP contribution in [0.1, 0.15) is 204 Å². The van der Waals surface area contributed by atoms with Crippen LogP contribution in [0.25, 0.3) is 64.4 Å². The van der Waals surface area contributed by atoms with Crippen molar-refractivity contribution in [2.75, 3.05) is 111 Å². The summed E-state index contributed by atoms with van der Waals surface area (Å²) in [4.78, 5) is 102. The average molecular weight is 1720 g/mol. The third-order valence-electron chi connectivity index (χ3n) is 28.1. The largest absolute Gasteiger partial charge is 0.480 e. The highest BCUT2D eigenvalue weighted by atomic mass is 35.5. The Bertz CT molecular complexity index is 5160. The van der Waals surface area contributed by atoms with E-state index in [-0.39, 0.29) is 30.8 Å². The number of piperazine rings is 3. The Morgan fingerprint density at radius 3 is 0.893 bits per heavy atom. The second-order valence-corrected chi connectivity index (χ2v) is 42.7. The van der Waals surface area contributed by atoms with Crippen molar-refractivity contribution in [1.82, 2.24) is 59.5 Å². The number of halogens is 1. The number of hydrogen-bond acceptors (Lipinski definition) is 15. The van der Waals surface area contributed by atoms with Gasteiger partial charge in [0.15, 0.2) is 0 Å². The molecule has 9 fully saturated rings. The maximum atomic E-state index is 14.0. The molecule has 652 valence electrons. The van der Waals surface area contributed by atoms with Gasteiger partial charge < -0.3 is 59.5 Å². The van der Waals surface area contributed by atoms with Gasteiger partial charge in [0, 0.05) is 165 Å². The number of aryl methyl sites for hydroxylation is 6. The molecule has 9 aliphatic heterocycles. The summed E-state index contributed by atoms with van der Waals surface area (Å²) in [6.07, 6.45) is 16.9. The van der Waals surface area contributed by atoms with Crippen molar-refractivity contribution in [2.45, 2.75) is 258 Å². The standard InChI is InChI=1S/C36H50N4O3S.C32H42N4O3S.C30H40N4OS.ClH/c1-23-18-24(2)20-25(19-23)32-28(12-13-38-14-16-39(17-15-38)22-31(41)43-35(3,4)5)29-21-30(44-33(29)37-32)36(6,7)34(42)40-26-8-9-27(40)11-10-26;1-20-15-21(2)17-22(16-20)29-25(9-10-34-11-13-35(14-12-34)19-28(37)38)26-18-27(40-30(26)33-29)32(3,4)31(39)36-23-5-6-24(36)8-7-23;1-19-15-20(2)17-21(16-19)27-24(9-12-33-13-10-31-11-14-33)25-18-26(36-28(25)32-27)30(3,4)29(35)34-22-5-6-23(34)8-7-22;/h18-21,26-27,37H,8-17,22H2,1-7H3;15-18,23-24,33H,5-14,19H2,1-4H3,(H,37,38);15-18,22-23,31-32H,5-14H2,1-4H3;1H. The fourth-order valence-corrected chi connectivity index (χ4v) is 25.3. The van der Waals surface area contributed by atoms with Crippen LogP contribution in [0.5, 0.6) is 0 Å². The zero-order valence-electron chi connectivity index (χ0n) is 74.6. The number of nitrogens with one attached hydrogen (secondary N) is 4. The Hall–Kier alpha value is -7.22. The predicted octanol–water partition coefficient (Wildman–Crippen LogP) is 17.4. The van der Waals surface area contributed by atoms with Crippen LogP contribution in [-0.2, 0) is 64.2 Å². The minimum absolute atomic E-state index is 0. The number of nitrogens with zero attached hydrogens (tertiary/aromatic N) is 8. The number of H-pyrrole nitrogens is 3. The van der Waals surface area contributed by atoms with Gasteiger partial charge in [-0.05, 0) is 288 Å². The third kappa shape index (κ3) is 18.9. The number of amides is 3. The molecule has 6 aromatic heterocycles. The summed E-state index contributed by atoms with van der Waals surface area (Å²) in [5, 5.41) is 16.4. The quantitative estimate of drug-likeness (QED) is 0.0402. The summed E-state index contributed by atoms with van der Waals surface area (Å²) in [5.74, 6) is 0.0101. The van der Waals surface area contributed by atoms with Crippen LogP contribution in [0.3, 0.4) is 0 Å². The minimum atomic E-state index is -0.756. The van der Waals surface area contributed by atoms with E-state index in [1.54, 1.807) is 34.0 Å². The van der Waals surface area contributed by atoms with Gasteiger partial charge in [-0.15, -0.1) is 46.4 Å². The summed E-state index contributed by atoms with van der Waals surface area (Å²) in [7, 11) is 0. The van der Waals surface area contributed by atoms with E-state index in [1.165, 1.54) is 135 Å². The van der Waals surface area contributed by atoms with Crippen LogP contribution in [0.4, 0.5) is 0 Å². The number of carbonyl (C=O) groups excluding carboxylic acids is 4. The topological polar surface area (TPSA) is 200 Å². The Morgan fingerprint density at radius 1 is 0.372 bits per heavy atom. The zero-order chi connectivity index (χ0) is 84.6. The lowest BCUT2D eigenvalue weighted by molar-refractivity contribution is -0.156. The first-order valence-electron chi connectivity index (χ1n) is 45.1. The summed E-state index contributed by atoms with van der Waals surface area (Å²) >= 11 is 5.28. The summed E-state index contributed by atoms with van der Waals surface area (Å²) < 4.78 is 5.54. The van der Waals surface area contributed by atoms with Gasteiger partial charge in [-0.2, -0.15) is 0 Å². The van der Waals surface area contributed by atoms with E-state index in [9.17, 15) is 24.0 Å². The lowest BCUT2D eigenvalue weighted by atomic mass is 9.88. The Labute approximate surface area is 735 Å². The van der Waals surface area contributed by atoms with Crippen LogP contribution in [0.2, 0.25) is 0 Å². The van der Waals surface area contributed by atoms with Gasteiger partial charge in [0.2, 0.25) is 17.7 Å². The van der Waals surface area contributed by atoms with Crippen LogP contribution >= 0.6 is 46.4 Å². The van der Waals surface area contributed by atoms with Crippen molar-refractivity contribution in [1.29, 1.82) is 0 Å². The molecule has 0 aliphatic carbocycles. The van der Waals surface area contributed by atoms with Crippen molar-refractivity contribution < 1.29 is 33.8 Å². The number of rotatable bonds is 22. The van der Waals surface area contributed by atoms with Gasteiger partial charge in [0.25, 0.3) is 0 Å². The molecule has 0 spiro atoms. The van der Waals surface area contributed by atoms with Crippen molar-refractivity contribution in [3.05, 3.63) is 137 Å². The number of aliphatic carboxylic acids is 1. The fourth-order valence-electron chi connectivity index (χ4n) is 21.7. The number of benzene rings is 3. The number of aromatic amines is 3. The number of fused-ring (bicyclic) bond motifs is 9. The summed E-state index contributed by atoms with van der Waals surface area (Å²) in [5.41, 5.74) is 17.0. The molecule has 23 heteroatoms. The van der Waals surface area contributed by atoms with E-state index in [0.29, 0.717) is 54.6 Å². The minimum Gasteiger partial charge on any atom is -0.480 e. The molecule has 0 saturated carbocycles. The number of carboxylic acids is 1. The van der Waals surface area contributed by atoms with Gasteiger partial charge in [-0.1, -0.05) is 51.6 Å². The Morgan fingerprint density at radius 2 is 0.628 bits per heavy atom. The average Bonchev–Trinajstić information content (AvgIpc) is 1.59. The molecule has 0 unspecified atom stereocenters. The van der Waals surface area contributed by atoms with Gasteiger partial charge in [0.1, 0.15) is 20.1 Å². The highest BCUT2D eigenvalue weighted by molar-refractivity contribution is 7.19. The molecule has 3 amide bonds. The van der Waals surface area contributed by atoms with E-state index in [4.69, 9.17) is 9.84 Å². The number of aromatic nitrogens is 3. The van der Waals surface area contributed by atoms with Crippen LogP contribution in [0.15, 0.2) is 72.8 Å². The molecule has 0 radical (unpaired) electrons. The molecule has 5 N–H and O–H groups in total. The van der Waals surface area contributed by atoms with Crippen molar-refractivity contribution in [3.63, 3.8) is 0 Å². The van der Waals surface area contributed by atoms with Gasteiger partial charge >= 0.3 is 11.9 Å². The number of hydrogen-bond donors (Lipinski definition) is 5. The molecule has 3 aromatic carbocycles. The summed E-state index contributed by atoms with van der Waals surface area (Å²) in [6, 6.07) is 30.0. The van der Waals surface area contributed by atoms with E-state index < -0.39 is 27.8 Å². The molecular weight excluding hydrogens is 1590 g/mol. The smallest absolute Gasteiger partial charge is 0.320 e. The molecule has 9 aromatic rings. The molecule has 6 bridgehead atoms. The molecule has 0 atom stereocenters. The third-order valence-corrected chi connectivity index (χ3v) is 32.3. The van der Waals surface area contributed by atoms with Crippen LogP contribution < -0.4 is 5.32 Å². The number of carbonyl (C=O) groups is 5. The van der Waals surface area contributed by atoms with Gasteiger partial charge in [-0.3, -0.25) is 33.8 Å². The maximum Gasteiger partial charge on any atom is 0.320 e. The lowest BCUT2D eigenvalue weighted by Gasteiger charge is -2.34. The molecule has 121 heavy (non-hydrogen) atoms. The van der Waals surface area contributed by atoms with E-state index in [1.807, 2.05) is 25.7 Å². The Balaban J connectivity index is 0.000000141. The maximum absolute atomic E-state index is 14.0. The molecule has 15 heterocycles. The molecule has 9 aliphatic rings. The number of esters is 1. The first-order chi connectivity index (χ1) is 57.2. The molecular formula is C98H133ClN12O7S3. The number of ether oxygens (including phenoxy) is 1. The number of thiophene rings is 3. The first-order valence-corrected chi connectivity index (χ1v) is 47.6. The molecule has 18 rings (SSSR count).